The Kier molecular flexibility index (Phi) is 3.34. The quantitative estimate of drug-likeness (QED) is 0.764. The summed E-state index contributed by atoms with van der Waals surface area (Å²) in [5.74, 6) is 0.796. The van der Waals surface area contributed by atoms with E-state index in [1.54, 1.807) is 16.4 Å². The standard InChI is InChI=1S/C11H10ClN2S/c1-14-11(12)7-9(13-14)8-15-10-5-3-2-4-6-10/h2-6H,8H2,1H3. The molecule has 2 aromatic rings. The molecule has 0 aliphatic carbocycles. The van der Waals surface area contributed by atoms with Gasteiger partial charge in [0.25, 0.3) is 0 Å². The molecule has 77 valence electrons. The van der Waals surface area contributed by atoms with Crippen LogP contribution in [0.15, 0.2) is 35.2 Å². The Balaban J connectivity index is 1.99. The Bertz CT molecular complexity index is 420. The van der Waals surface area contributed by atoms with Gasteiger partial charge in [-0.2, -0.15) is 5.10 Å². The third-order valence-electron chi connectivity index (χ3n) is 1.92. The number of nitrogens with zero attached hydrogens (tertiary/aromatic N) is 2. The molecule has 0 unspecified atom stereocenters. The molecule has 0 N–H and O–H groups in total. The molecule has 0 atom stereocenters. The van der Waals surface area contributed by atoms with Gasteiger partial charge in [0.2, 0.25) is 0 Å². The third-order valence-corrected chi connectivity index (χ3v) is 3.28. The van der Waals surface area contributed by atoms with Gasteiger partial charge in [-0.3, -0.25) is 4.68 Å². The second kappa shape index (κ2) is 4.73. The molecule has 0 aliphatic rings. The van der Waals surface area contributed by atoms with Gasteiger partial charge in [-0.15, -0.1) is 11.8 Å². The zero-order valence-electron chi connectivity index (χ0n) is 8.27. The summed E-state index contributed by atoms with van der Waals surface area (Å²) in [4.78, 5) is 1.23. The summed E-state index contributed by atoms with van der Waals surface area (Å²) in [5, 5.41) is 4.79. The van der Waals surface area contributed by atoms with E-state index in [1.165, 1.54) is 4.90 Å². The Labute approximate surface area is 98.3 Å². The molecule has 2 rings (SSSR count). The molecular formula is C11H10ClN2S. The van der Waals surface area contributed by atoms with E-state index in [2.05, 4.69) is 23.3 Å². The first-order chi connectivity index (χ1) is 7.25. The minimum absolute atomic E-state index is 0.554. The van der Waals surface area contributed by atoms with Crippen molar-refractivity contribution in [1.29, 1.82) is 0 Å². The van der Waals surface area contributed by atoms with E-state index in [0.29, 0.717) is 5.15 Å². The molecule has 0 aliphatic heterocycles. The van der Waals surface area contributed by atoms with Crippen LogP contribution in [-0.4, -0.2) is 9.78 Å². The number of halogens is 1. The van der Waals surface area contributed by atoms with Crippen molar-refractivity contribution in [3.63, 3.8) is 0 Å². The molecule has 0 saturated heterocycles. The van der Waals surface area contributed by atoms with Gasteiger partial charge >= 0.3 is 0 Å². The highest BCUT2D eigenvalue weighted by atomic mass is 35.5. The third kappa shape index (κ3) is 2.76. The summed E-state index contributed by atoms with van der Waals surface area (Å²) in [7, 11) is 1.81. The van der Waals surface area contributed by atoms with E-state index >= 15 is 0 Å². The molecule has 1 radical (unpaired) electrons. The topological polar surface area (TPSA) is 17.8 Å². The first-order valence-corrected chi connectivity index (χ1v) is 5.90. The molecule has 1 heterocycles. The fourth-order valence-electron chi connectivity index (χ4n) is 1.18. The number of rotatable bonds is 3. The fraction of sp³-hybridized carbons (Fsp3) is 0.182. The normalized spacial score (nSPS) is 10.5. The molecule has 0 saturated carbocycles. The summed E-state index contributed by atoms with van der Waals surface area (Å²) in [6.45, 7) is 0. The van der Waals surface area contributed by atoms with Crippen LogP contribution in [0.4, 0.5) is 0 Å². The number of thioether (sulfide) groups is 1. The molecule has 0 spiro atoms. The summed E-state index contributed by atoms with van der Waals surface area (Å²) in [5.41, 5.74) is 0.886. The number of hydrogen-bond acceptors (Lipinski definition) is 2. The molecule has 1 aromatic carbocycles. The van der Waals surface area contributed by atoms with Crippen molar-refractivity contribution in [2.45, 2.75) is 10.6 Å². The van der Waals surface area contributed by atoms with Gasteiger partial charge in [0.15, 0.2) is 0 Å². The maximum absolute atomic E-state index is 5.85. The lowest BCUT2D eigenvalue weighted by Crippen LogP contribution is -1.90. The van der Waals surface area contributed by atoms with Crippen molar-refractivity contribution < 1.29 is 0 Å². The molecule has 0 bridgehead atoms. The van der Waals surface area contributed by atoms with Gasteiger partial charge in [-0.1, -0.05) is 29.8 Å². The van der Waals surface area contributed by atoms with Crippen molar-refractivity contribution in [2.75, 3.05) is 0 Å². The van der Waals surface area contributed by atoms with Crippen LogP contribution in [0.1, 0.15) is 5.69 Å². The fourth-order valence-corrected chi connectivity index (χ4v) is 2.11. The first-order valence-electron chi connectivity index (χ1n) is 4.54. The van der Waals surface area contributed by atoms with Crippen LogP contribution in [0.2, 0.25) is 5.15 Å². The zero-order chi connectivity index (χ0) is 10.7. The maximum Gasteiger partial charge on any atom is 0.135 e. The second-order valence-corrected chi connectivity index (χ2v) is 4.49. The van der Waals surface area contributed by atoms with Gasteiger partial charge in [0.1, 0.15) is 5.15 Å². The summed E-state index contributed by atoms with van der Waals surface area (Å²) < 4.78 is 1.63. The minimum Gasteiger partial charge on any atom is -0.256 e. The highest BCUT2D eigenvalue weighted by Gasteiger charge is 2.03. The lowest BCUT2D eigenvalue weighted by Gasteiger charge is -1.97. The van der Waals surface area contributed by atoms with Crippen LogP contribution >= 0.6 is 23.4 Å². The summed E-state index contributed by atoms with van der Waals surface area (Å²) in [6.07, 6.45) is 0. The van der Waals surface area contributed by atoms with E-state index in [1.807, 2.05) is 25.2 Å². The van der Waals surface area contributed by atoms with Crippen LogP contribution in [-0.2, 0) is 12.8 Å². The largest absolute Gasteiger partial charge is 0.256 e. The van der Waals surface area contributed by atoms with Gasteiger partial charge < -0.3 is 0 Å². The molecular weight excluding hydrogens is 228 g/mol. The average Bonchev–Trinajstić information content (AvgIpc) is 2.57. The van der Waals surface area contributed by atoms with Gasteiger partial charge in [-0.05, 0) is 12.1 Å². The molecule has 4 heteroatoms. The van der Waals surface area contributed by atoms with Crippen molar-refractivity contribution in [2.24, 2.45) is 7.05 Å². The van der Waals surface area contributed by atoms with Gasteiger partial charge in [0, 0.05) is 23.8 Å². The predicted octanol–water partition coefficient (Wildman–Crippen LogP) is 3.17. The van der Waals surface area contributed by atoms with Crippen LogP contribution in [0.5, 0.6) is 0 Å². The zero-order valence-corrected chi connectivity index (χ0v) is 9.85. The highest BCUT2D eigenvalue weighted by Crippen LogP contribution is 2.22. The Morgan fingerprint density at radius 3 is 2.73 bits per heavy atom. The Morgan fingerprint density at radius 1 is 1.40 bits per heavy atom. The van der Waals surface area contributed by atoms with E-state index in [9.17, 15) is 0 Å². The molecule has 0 amide bonds. The van der Waals surface area contributed by atoms with Crippen LogP contribution in [0, 0.1) is 6.07 Å². The number of benzene rings is 1. The van der Waals surface area contributed by atoms with Crippen molar-refractivity contribution in [3.05, 3.63) is 47.2 Å². The van der Waals surface area contributed by atoms with E-state index < -0.39 is 0 Å². The molecule has 15 heavy (non-hydrogen) atoms. The minimum atomic E-state index is 0.554. The van der Waals surface area contributed by atoms with Crippen molar-refractivity contribution >= 4 is 23.4 Å². The summed E-state index contributed by atoms with van der Waals surface area (Å²) >= 11 is 7.58. The predicted molar refractivity (Wildman–Crippen MR) is 63.1 cm³/mol. The Morgan fingerprint density at radius 2 is 2.13 bits per heavy atom. The number of aryl methyl sites for hydroxylation is 1. The number of aromatic nitrogens is 2. The van der Waals surface area contributed by atoms with Gasteiger partial charge in [0.05, 0.1) is 5.69 Å². The molecule has 2 nitrogen and oxygen atoms in total. The van der Waals surface area contributed by atoms with Gasteiger partial charge in [-0.25, -0.2) is 0 Å². The van der Waals surface area contributed by atoms with Crippen LogP contribution in [0.25, 0.3) is 0 Å². The van der Waals surface area contributed by atoms with E-state index in [-0.39, 0.29) is 0 Å². The summed E-state index contributed by atoms with van der Waals surface area (Å²) in [6, 6.07) is 13.2. The van der Waals surface area contributed by atoms with Crippen molar-refractivity contribution in [1.82, 2.24) is 9.78 Å². The van der Waals surface area contributed by atoms with E-state index in [4.69, 9.17) is 11.6 Å². The number of hydrogen-bond donors (Lipinski definition) is 0. The average molecular weight is 238 g/mol. The van der Waals surface area contributed by atoms with Crippen molar-refractivity contribution in [3.8, 4) is 0 Å². The maximum atomic E-state index is 5.85. The first kappa shape index (κ1) is 10.6. The monoisotopic (exact) mass is 237 g/mol. The SMILES string of the molecule is Cn1nc(CSc2ccccc2)[c]c1Cl. The van der Waals surface area contributed by atoms with Crippen LogP contribution < -0.4 is 0 Å². The lowest BCUT2D eigenvalue weighted by atomic mass is 10.4. The molecule has 1 aromatic heterocycles. The second-order valence-electron chi connectivity index (χ2n) is 3.09. The smallest absolute Gasteiger partial charge is 0.135 e. The lowest BCUT2D eigenvalue weighted by molar-refractivity contribution is 0.755. The van der Waals surface area contributed by atoms with E-state index in [0.717, 1.165) is 11.4 Å². The van der Waals surface area contributed by atoms with Crippen LogP contribution in [0.3, 0.4) is 0 Å². The highest BCUT2D eigenvalue weighted by molar-refractivity contribution is 7.98. The Hall–Kier alpha value is -0.930. The molecule has 0 fully saturated rings.